The summed E-state index contributed by atoms with van der Waals surface area (Å²) in [5, 5.41) is 9.40. The predicted molar refractivity (Wildman–Crippen MR) is 133 cm³/mol. The number of hydrogen-bond acceptors (Lipinski definition) is 4. The number of hydrogen-bond donors (Lipinski definition) is 0. The van der Waals surface area contributed by atoms with Gasteiger partial charge in [0.2, 0.25) is 10.0 Å². The fourth-order valence-electron chi connectivity index (χ4n) is 4.42. The molecule has 4 rings (SSSR count). The van der Waals surface area contributed by atoms with E-state index in [2.05, 4.69) is 0 Å². The lowest BCUT2D eigenvalue weighted by atomic mass is 10.0. The summed E-state index contributed by atoms with van der Waals surface area (Å²) >= 11 is 6.24. The van der Waals surface area contributed by atoms with E-state index in [0.717, 1.165) is 6.07 Å². The van der Waals surface area contributed by atoms with Gasteiger partial charge in [-0.05, 0) is 41.8 Å². The van der Waals surface area contributed by atoms with Gasteiger partial charge in [-0.1, -0.05) is 60.1 Å². The maximum atomic E-state index is 13.7. The van der Waals surface area contributed by atoms with Crippen LogP contribution in [0.4, 0.5) is 18.9 Å². The van der Waals surface area contributed by atoms with E-state index >= 15 is 0 Å². The highest BCUT2D eigenvalue weighted by Crippen LogP contribution is 2.35. The molecular formula is C26H23ClF3N3O2S. The summed E-state index contributed by atoms with van der Waals surface area (Å²) in [6, 6.07) is 20.4. The number of anilines is 1. The van der Waals surface area contributed by atoms with E-state index < -0.39 is 21.8 Å². The molecule has 5 nitrogen and oxygen atoms in total. The summed E-state index contributed by atoms with van der Waals surface area (Å²) in [6.45, 7) is 0.275. The van der Waals surface area contributed by atoms with E-state index in [1.807, 2.05) is 6.07 Å². The molecule has 36 heavy (non-hydrogen) atoms. The van der Waals surface area contributed by atoms with Crippen LogP contribution < -0.4 is 4.90 Å². The van der Waals surface area contributed by atoms with E-state index in [-0.39, 0.29) is 47.6 Å². The molecule has 0 unspecified atom stereocenters. The minimum Gasteiger partial charge on any atom is -0.363 e. The van der Waals surface area contributed by atoms with Crippen LogP contribution in [-0.4, -0.2) is 31.9 Å². The Morgan fingerprint density at radius 3 is 2.42 bits per heavy atom. The fraction of sp³-hybridized carbons (Fsp3) is 0.269. The van der Waals surface area contributed by atoms with Crippen molar-refractivity contribution in [2.24, 2.45) is 0 Å². The average molecular weight is 534 g/mol. The first kappa shape index (κ1) is 26.0. The first-order valence-electron chi connectivity index (χ1n) is 11.2. The summed E-state index contributed by atoms with van der Waals surface area (Å²) < 4.78 is 68.7. The molecule has 0 spiro atoms. The number of rotatable bonds is 7. The lowest BCUT2D eigenvalue weighted by molar-refractivity contribution is -0.138. The smallest absolute Gasteiger partial charge is 0.363 e. The number of halogens is 4. The van der Waals surface area contributed by atoms with Crippen molar-refractivity contribution < 1.29 is 21.6 Å². The Bertz CT molecular complexity index is 1380. The number of sulfonamides is 1. The third kappa shape index (κ3) is 5.84. The molecule has 0 bridgehead atoms. The van der Waals surface area contributed by atoms with Crippen molar-refractivity contribution in [1.29, 1.82) is 5.26 Å². The van der Waals surface area contributed by atoms with Crippen molar-refractivity contribution in [3.8, 4) is 6.07 Å². The van der Waals surface area contributed by atoms with Crippen LogP contribution in [0.2, 0.25) is 5.02 Å². The highest BCUT2D eigenvalue weighted by Gasteiger charge is 2.37. The quantitative estimate of drug-likeness (QED) is 0.383. The van der Waals surface area contributed by atoms with Gasteiger partial charge in [-0.15, -0.1) is 0 Å². The molecule has 1 aliphatic heterocycles. The Morgan fingerprint density at radius 1 is 1.06 bits per heavy atom. The van der Waals surface area contributed by atoms with Crippen LogP contribution in [0.25, 0.3) is 0 Å². The van der Waals surface area contributed by atoms with E-state index in [1.165, 1.54) is 28.6 Å². The molecule has 3 aromatic rings. The second kappa shape index (κ2) is 10.5. The third-order valence-corrected chi connectivity index (χ3v) is 8.35. The number of nitrogens with zero attached hydrogens (tertiary/aromatic N) is 3. The highest BCUT2D eigenvalue weighted by molar-refractivity contribution is 7.88. The summed E-state index contributed by atoms with van der Waals surface area (Å²) in [4.78, 5) is 1.75. The summed E-state index contributed by atoms with van der Waals surface area (Å²) in [6.07, 6.45) is -4.11. The monoisotopic (exact) mass is 533 g/mol. The Kier molecular flexibility index (Phi) is 7.59. The van der Waals surface area contributed by atoms with Gasteiger partial charge >= 0.3 is 6.18 Å². The molecule has 1 heterocycles. The van der Waals surface area contributed by atoms with Gasteiger partial charge in [-0.25, -0.2) is 8.42 Å². The zero-order valence-electron chi connectivity index (χ0n) is 19.1. The van der Waals surface area contributed by atoms with Crippen LogP contribution in [0.15, 0.2) is 72.8 Å². The third-order valence-electron chi connectivity index (χ3n) is 6.22. The first-order valence-corrected chi connectivity index (χ1v) is 13.2. The number of benzene rings is 3. The lowest BCUT2D eigenvalue weighted by Crippen LogP contribution is -2.39. The molecule has 0 amide bonds. The van der Waals surface area contributed by atoms with Gasteiger partial charge in [0, 0.05) is 31.4 Å². The molecule has 188 valence electrons. The zero-order valence-corrected chi connectivity index (χ0v) is 20.7. The molecule has 1 saturated heterocycles. The molecule has 1 fully saturated rings. The predicted octanol–water partition coefficient (Wildman–Crippen LogP) is 5.84. The van der Waals surface area contributed by atoms with Crippen LogP contribution in [0, 0.1) is 11.3 Å². The van der Waals surface area contributed by atoms with Crippen LogP contribution in [0.1, 0.15) is 28.7 Å². The van der Waals surface area contributed by atoms with Crippen molar-refractivity contribution in [3.05, 3.63) is 100 Å². The molecular weight excluding hydrogens is 511 g/mol. The van der Waals surface area contributed by atoms with E-state index in [1.54, 1.807) is 47.4 Å². The van der Waals surface area contributed by atoms with E-state index in [0.29, 0.717) is 17.7 Å². The zero-order chi connectivity index (χ0) is 25.9. The van der Waals surface area contributed by atoms with Crippen molar-refractivity contribution in [2.75, 3.05) is 18.0 Å². The van der Waals surface area contributed by atoms with Gasteiger partial charge in [0.1, 0.15) is 6.07 Å². The molecule has 10 heteroatoms. The van der Waals surface area contributed by atoms with Gasteiger partial charge in [-0.2, -0.15) is 22.7 Å². The molecule has 0 radical (unpaired) electrons. The lowest BCUT2D eigenvalue weighted by Gasteiger charge is -2.32. The normalized spacial score (nSPS) is 16.6. The van der Waals surface area contributed by atoms with Gasteiger partial charge in [0.25, 0.3) is 0 Å². The maximum Gasteiger partial charge on any atom is 0.416 e. The Morgan fingerprint density at radius 2 is 1.75 bits per heavy atom. The van der Waals surface area contributed by atoms with Gasteiger partial charge in [-0.3, -0.25) is 0 Å². The first-order chi connectivity index (χ1) is 17.1. The van der Waals surface area contributed by atoms with E-state index in [4.69, 9.17) is 11.6 Å². The molecule has 0 aromatic heterocycles. The number of nitriles is 1. The van der Waals surface area contributed by atoms with Crippen LogP contribution in [0.5, 0.6) is 0 Å². The second-order valence-electron chi connectivity index (χ2n) is 8.60. The Hall–Kier alpha value is -3.06. The Balaban J connectivity index is 1.65. The van der Waals surface area contributed by atoms with Gasteiger partial charge in [0.15, 0.2) is 0 Å². The van der Waals surface area contributed by atoms with Crippen LogP contribution in [-0.2, 0) is 28.5 Å². The van der Waals surface area contributed by atoms with Crippen molar-refractivity contribution in [1.82, 2.24) is 4.31 Å². The summed E-state index contributed by atoms with van der Waals surface area (Å²) in [5.74, 6) is -0.153. The average Bonchev–Trinajstić information content (AvgIpc) is 3.34. The van der Waals surface area contributed by atoms with Crippen molar-refractivity contribution in [3.63, 3.8) is 0 Å². The fourth-order valence-corrected chi connectivity index (χ4v) is 6.21. The maximum absolute atomic E-state index is 13.7. The van der Waals surface area contributed by atoms with Crippen LogP contribution >= 0.6 is 11.6 Å². The molecule has 1 aliphatic rings. The topological polar surface area (TPSA) is 64.4 Å². The molecule has 0 N–H and O–H groups in total. The van der Waals surface area contributed by atoms with Crippen LogP contribution in [0.3, 0.4) is 0 Å². The minimum absolute atomic E-state index is 0.0658. The van der Waals surface area contributed by atoms with E-state index in [9.17, 15) is 26.9 Å². The SMILES string of the molecule is N#Cc1ccc(N(Cc2ccccc2C(F)(F)F)[C@H]2CCN(S(=O)(=O)Cc3ccccc3)C2)cc1Cl. The molecule has 0 saturated carbocycles. The van der Waals surface area contributed by atoms with Crippen molar-refractivity contribution >= 4 is 27.3 Å². The standard InChI is InChI=1S/C26H23ClF3N3O2S/c27-25-14-22(11-10-20(25)15-31)33(16-21-8-4-5-9-24(21)26(28,29)30)23-12-13-32(17-23)36(34,35)18-19-6-2-1-3-7-19/h1-11,14,23H,12-13,16-18H2/t23-/m0/s1. The highest BCUT2D eigenvalue weighted by atomic mass is 35.5. The molecule has 3 aromatic carbocycles. The van der Waals surface area contributed by atoms with Gasteiger partial charge in [0.05, 0.1) is 21.9 Å². The van der Waals surface area contributed by atoms with Gasteiger partial charge < -0.3 is 4.90 Å². The molecule has 0 aliphatic carbocycles. The Labute approximate surface area is 213 Å². The molecule has 1 atom stereocenters. The largest absolute Gasteiger partial charge is 0.416 e. The second-order valence-corrected chi connectivity index (χ2v) is 11.0. The minimum atomic E-state index is -4.54. The summed E-state index contributed by atoms with van der Waals surface area (Å²) in [5.41, 5.74) is 0.742. The summed E-state index contributed by atoms with van der Waals surface area (Å²) in [7, 11) is -3.63. The number of alkyl halides is 3. The van der Waals surface area contributed by atoms with Crippen molar-refractivity contribution in [2.45, 2.75) is 30.9 Å².